The molecule has 108 valence electrons. The average molecular weight is 301 g/mol. The maximum Gasteiger partial charge on any atom is 0.0991 e. The second-order valence-electron chi connectivity index (χ2n) is 4.93. The maximum absolute atomic E-state index is 10.2. The van der Waals surface area contributed by atoms with Gasteiger partial charge in [0.25, 0.3) is 0 Å². The Morgan fingerprint density at radius 3 is 2.24 bits per heavy atom. The smallest absolute Gasteiger partial charge is 0.0991 e. The highest BCUT2D eigenvalue weighted by molar-refractivity contribution is 6.30. The van der Waals surface area contributed by atoms with Crippen LogP contribution in [0.25, 0.3) is 0 Å². The summed E-state index contributed by atoms with van der Waals surface area (Å²) < 4.78 is 0. The van der Waals surface area contributed by atoms with E-state index in [1.54, 1.807) is 24.3 Å². The molecule has 0 amide bonds. The van der Waals surface area contributed by atoms with Gasteiger partial charge in [0.2, 0.25) is 0 Å². The number of nitrogens with zero attached hydrogens (tertiary/aromatic N) is 1. The molecule has 2 rings (SSSR count). The number of hydrogen-bond donors (Lipinski definition) is 2. The first-order chi connectivity index (χ1) is 10.1. The van der Waals surface area contributed by atoms with Gasteiger partial charge in [0.15, 0.2) is 0 Å². The summed E-state index contributed by atoms with van der Waals surface area (Å²) >= 11 is 5.87. The number of aliphatic hydroxyl groups excluding tert-OH is 1. The lowest BCUT2D eigenvalue weighted by atomic mass is 10.1. The lowest BCUT2D eigenvalue weighted by Crippen LogP contribution is -2.24. The molecule has 1 unspecified atom stereocenters. The van der Waals surface area contributed by atoms with E-state index in [2.05, 4.69) is 11.4 Å². The predicted octanol–water partition coefficient (Wildman–Crippen LogP) is 3.60. The van der Waals surface area contributed by atoms with E-state index in [0.29, 0.717) is 17.1 Å². The molecular formula is C17H17ClN2O. The molecule has 0 heterocycles. The summed E-state index contributed by atoms with van der Waals surface area (Å²) in [6.07, 6.45) is -0.604. The minimum atomic E-state index is -0.604. The summed E-state index contributed by atoms with van der Waals surface area (Å²) in [5.41, 5.74) is 2.50. The van der Waals surface area contributed by atoms with Crippen molar-refractivity contribution in [2.75, 3.05) is 6.54 Å². The van der Waals surface area contributed by atoms with Crippen LogP contribution in [0.3, 0.4) is 0 Å². The number of aliphatic hydroxyl groups is 1. The van der Waals surface area contributed by atoms with Gasteiger partial charge in [0, 0.05) is 17.6 Å². The van der Waals surface area contributed by atoms with E-state index in [9.17, 15) is 5.11 Å². The second-order valence-corrected chi connectivity index (χ2v) is 5.37. The third kappa shape index (κ3) is 4.30. The van der Waals surface area contributed by atoms with Crippen molar-refractivity contribution in [3.8, 4) is 6.07 Å². The third-order valence-electron chi connectivity index (χ3n) is 3.41. The minimum absolute atomic E-state index is 0.121. The molecule has 0 aliphatic carbocycles. The average Bonchev–Trinajstić information content (AvgIpc) is 2.53. The summed E-state index contributed by atoms with van der Waals surface area (Å²) in [6, 6.07) is 16.8. The molecule has 4 heteroatoms. The van der Waals surface area contributed by atoms with Crippen molar-refractivity contribution in [1.29, 1.82) is 5.26 Å². The molecule has 2 N–H and O–H groups in total. The van der Waals surface area contributed by atoms with Crippen molar-refractivity contribution in [2.45, 2.75) is 19.1 Å². The molecule has 2 aromatic carbocycles. The third-order valence-corrected chi connectivity index (χ3v) is 3.66. The first-order valence-electron chi connectivity index (χ1n) is 6.77. The van der Waals surface area contributed by atoms with Gasteiger partial charge in [-0.3, -0.25) is 0 Å². The molecule has 0 saturated carbocycles. The number of nitrogens with one attached hydrogen (secondary N) is 1. The minimum Gasteiger partial charge on any atom is -0.387 e. The Morgan fingerprint density at radius 1 is 1.10 bits per heavy atom. The summed E-state index contributed by atoms with van der Waals surface area (Å²) in [6.45, 7) is 2.48. The van der Waals surface area contributed by atoms with Crippen molar-refractivity contribution < 1.29 is 5.11 Å². The molecule has 0 aliphatic heterocycles. The molecule has 0 spiro atoms. The van der Waals surface area contributed by atoms with Crippen LogP contribution in [0.5, 0.6) is 0 Å². The number of hydrogen-bond acceptors (Lipinski definition) is 3. The summed E-state index contributed by atoms with van der Waals surface area (Å²) in [5.74, 6) is 0. The van der Waals surface area contributed by atoms with Gasteiger partial charge in [0.05, 0.1) is 17.7 Å². The monoisotopic (exact) mass is 300 g/mol. The first-order valence-corrected chi connectivity index (χ1v) is 7.15. The highest BCUT2D eigenvalue weighted by Gasteiger charge is 2.10. The van der Waals surface area contributed by atoms with E-state index in [1.165, 1.54) is 0 Å². The number of halogens is 1. The SMILES string of the molecule is C[C@H](NCC(O)c1ccc(C#N)cc1)c1ccc(Cl)cc1. The van der Waals surface area contributed by atoms with Crippen LogP contribution in [0.2, 0.25) is 5.02 Å². The Kier molecular flexibility index (Phi) is 5.35. The Morgan fingerprint density at radius 2 is 1.67 bits per heavy atom. The van der Waals surface area contributed by atoms with E-state index < -0.39 is 6.10 Å². The fourth-order valence-electron chi connectivity index (χ4n) is 2.06. The zero-order valence-electron chi connectivity index (χ0n) is 11.8. The van der Waals surface area contributed by atoms with Gasteiger partial charge in [-0.25, -0.2) is 0 Å². The molecule has 0 aliphatic rings. The van der Waals surface area contributed by atoms with Gasteiger partial charge >= 0.3 is 0 Å². The van der Waals surface area contributed by atoms with E-state index in [1.807, 2.05) is 31.2 Å². The van der Waals surface area contributed by atoms with Gasteiger partial charge in [-0.2, -0.15) is 5.26 Å². The van der Waals surface area contributed by atoms with Crippen LogP contribution < -0.4 is 5.32 Å². The molecule has 21 heavy (non-hydrogen) atoms. The van der Waals surface area contributed by atoms with Crippen LogP contribution in [-0.2, 0) is 0 Å². The number of rotatable bonds is 5. The molecule has 3 nitrogen and oxygen atoms in total. The lowest BCUT2D eigenvalue weighted by molar-refractivity contribution is 0.171. The zero-order chi connectivity index (χ0) is 15.2. The second kappa shape index (κ2) is 7.24. The van der Waals surface area contributed by atoms with Crippen LogP contribution in [0.15, 0.2) is 48.5 Å². The largest absolute Gasteiger partial charge is 0.387 e. The molecular weight excluding hydrogens is 284 g/mol. The van der Waals surface area contributed by atoms with Crippen LogP contribution in [0.1, 0.15) is 35.8 Å². The Hall–Kier alpha value is -1.86. The van der Waals surface area contributed by atoms with E-state index >= 15 is 0 Å². The topological polar surface area (TPSA) is 56.0 Å². The summed E-state index contributed by atoms with van der Waals surface area (Å²) in [7, 11) is 0. The predicted molar refractivity (Wildman–Crippen MR) is 84.0 cm³/mol. The van der Waals surface area contributed by atoms with Crippen molar-refractivity contribution >= 4 is 11.6 Å². The van der Waals surface area contributed by atoms with Gasteiger partial charge in [0.1, 0.15) is 0 Å². The molecule has 0 fully saturated rings. The highest BCUT2D eigenvalue weighted by Crippen LogP contribution is 2.18. The molecule has 2 atom stereocenters. The van der Waals surface area contributed by atoms with E-state index in [4.69, 9.17) is 16.9 Å². The maximum atomic E-state index is 10.2. The Bertz CT molecular complexity index is 617. The fourth-order valence-corrected chi connectivity index (χ4v) is 2.18. The Labute approximate surface area is 129 Å². The molecule has 0 aromatic heterocycles. The van der Waals surface area contributed by atoms with Crippen molar-refractivity contribution in [3.63, 3.8) is 0 Å². The lowest BCUT2D eigenvalue weighted by Gasteiger charge is -2.18. The van der Waals surface area contributed by atoms with Crippen LogP contribution in [-0.4, -0.2) is 11.7 Å². The van der Waals surface area contributed by atoms with Gasteiger partial charge < -0.3 is 10.4 Å². The zero-order valence-corrected chi connectivity index (χ0v) is 12.5. The van der Waals surface area contributed by atoms with Crippen molar-refractivity contribution in [2.24, 2.45) is 0 Å². The van der Waals surface area contributed by atoms with Gasteiger partial charge in [-0.15, -0.1) is 0 Å². The quantitative estimate of drug-likeness (QED) is 0.887. The summed E-state index contributed by atoms with van der Waals surface area (Å²) in [5, 5.41) is 22.9. The number of nitriles is 1. The first kappa shape index (κ1) is 15.5. The molecule has 2 aromatic rings. The fraction of sp³-hybridized carbons (Fsp3) is 0.235. The normalized spacial score (nSPS) is 13.4. The number of benzene rings is 2. The van der Waals surface area contributed by atoms with Gasteiger partial charge in [-0.05, 0) is 42.3 Å². The van der Waals surface area contributed by atoms with Crippen molar-refractivity contribution in [3.05, 3.63) is 70.2 Å². The highest BCUT2D eigenvalue weighted by atomic mass is 35.5. The van der Waals surface area contributed by atoms with Crippen LogP contribution >= 0.6 is 11.6 Å². The van der Waals surface area contributed by atoms with Gasteiger partial charge in [-0.1, -0.05) is 35.9 Å². The van der Waals surface area contributed by atoms with E-state index in [0.717, 1.165) is 11.1 Å². The van der Waals surface area contributed by atoms with Crippen LogP contribution in [0, 0.1) is 11.3 Å². The summed E-state index contributed by atoms with van der Waals surface area (Å²) in [4.78, 5) is 0. The van der Waals surface area contributed by atoms with E-state index in [-0.39, 0.29) is 6.04 Å². The standard InChI is InChI=1S/C17H17ClN2O/c1-12(14-6-8-16(18)9-7-14)20-11-17(21)15-4-2-13(10-19)3-5-15/h2-9,12,17,20-21H,11H2,1H3/t12-,17?/m0/s1. The van der Waals surface area contributed by atoms with Crippen LogP contribution in [0.4, 0.5) is 0 Å². The molecule has 0 saturated heterocycles. The molecule has 0 radical (unpaired) electrons. The Balaban J connectivity index is 1.92. The van der Waals surface area contributed by atoms with Crippen molar-refractivity contribution in [1.82, 2.24) is 5.32 Å². The molecule has 0 bridgehead atoms.